The van der Waals surface area contributed by atoms with Crippen LogP contribution < -0.4 is 0 Å². The fourth-order valence-electron chi connectivity index (χ4n) is 1.98. The molecule has 0 aliphatic carbocycles. The Bertz CT molecular complexity index is 623. The molecule has 0 unspecified atom stereocenters. The highest BCUT2D eigenvalue weighted by Crippen LogP contribution is 2.14. The maximum atomic E-state index is 12.4. The van der Waals surface area contributed by atoms with Crippen LogP contribution in [0.4, 0.5) is 0 Å². The molecule has 0 saturated carbocycles. The van der Waals surface area contributed by atoms with Gasteiger partial charge in [0.1, 0.15) is 5.15 Å². The normalized spacial score (nSPS) is 10.6. The molecule has 6 heteroatoms. The monoisotopic (exact) mass is 292 g/mol. The highest BCUT2D eigenvalue weighted by atomic mass is 35.5. The predicted molar refractivity (Wildman–Crippen MR) is 77.6 cm³/mol. The van der Waals surface area contributed by atoms with Crippen molar-refractivity contribution in [1.82, 2.24) is 19.7 Å². The van der Waals surface area contributed by atoms with Crippen molar-refractivity contribution in [1.29, 1.82) is 0 Å². The summed E-state index contributed by atoms with van der Waals surface area (Å²) in [6.45, 7) is 2.49. The van der Waals surface area contributed by atoms with Crippen molar-refractivity contribution in [2.24, 2.45) is 7.05 Å². The topological polar surface area (TPSA) is 51.0 Å². The van der Waals surface area contributed by atoms with E-state index in [-0.39, 0.29) is 5.91 Å². The minimum atomic E-state index is -0.0761. The van der Waals surface area contributed by atoms with E-state index in [1.165, 1.54) is 0 Å². The molecule has 1 amide bonds. The maximum Gasteiger partial charge on any atom is 0.254 e. The summed E-state index contributed by atoms with van der Waals surface area (Å²) in [5.41, 5.74) is 2.36. The van der Waals surface area contributed by atoms with Crippen LogP contribution in [0.1, 0.15) is 28.5 Å². The molecule has 0 bridgehead atoms. The molecule has 0 spiro atoms. The number of aryl methyl sites for hydroxylation is 2. The lowest BCUT2D eigenvalue weighted by molar-refractivity contribution is 0.0785. The van der Waals surface area contributed by atoms with Crippen LogP contribution in [0.5, 0.6) is 0 Å². The van der Waals surface area contributed by atoms with E-state index in [9.17, 15) is 4.79 Å². The second-order valence-corrected chi connectivity index (χ2v) is 5.09. The summed E-state index contributed by atoms with van der Waals surface area (Å²) in [4.78, 5) is 18.2. The molecule has 0 saturated heterocycles. The Morgan fingerprint density at radius 3 is 2.80 bits per heavy atom. The summed E-state index contributed by atoms with van der Waals surface area (Å²) < 4.78 is 1.71. The molecule has 0 N–H and O–H groups in total. The van der Waals surface area contributed by atoms with Crippen LogP contribution in [-0.2, 0) is 20.0 Å². The van der Waals surface area contributed by atoms with Crippen molar-refractivity contribution in [2.45, 2.75) is 19.9 Å². The lowest BCUT2D eigenvalue weighted by atomic mass is 10.1. The number of carbonyl (C=O) groups is 1. The van der Waals surface area contributed by atoms with E-state index in [0.717, 1.165) is 17.7 Å². The van der Waals surface area contributed by atoms with Gasteiger partial charge < -0.3 is 4.90 Å². The molecular weight excluding hydrogens is 276 g/mol. The summed E-state index contributed by atoms with van der Waals surface area (Å²) >= 11 is 5.95. The first kappa shape index (κ1) is 14.5. The van der Waals surface area contributed by atoms with E-state index in [0.29, 0.717) is 17.3 Å². The van der Waals surface area contributed by atoms with E-state index >= 15 is 0 Å². The molecule has 0 atom stereocenters. The molecule has 106 valence electrons. The number of halogens is 1. The minimum Gasteiger partial charge on any atom is -0.337 e. The van der Waals surface area contributed by atoms with E-state index < -0.39 is 0 Å². The van der Waals surface area contributed by atoms with Crippen LogP contribution >= 0.6 is 11.6 Å². The number of carbonyl (C=O) groups excluding carboxylic acids is 1. The lowest BCUT2D eigenvalue weighted by Gasteiger charge is -2.16. The average Bonchev–Trinajstić information content (AvgIpc) is 2.82. The van der Waals surface area contributed by atoms with Gasteiger partial charge in [-0.25, -0.2) is 4.98 Å². The zero-order chi connectivity index (χ0) is 14.7. The van der Waals surface area contributed by atoms with Gasteiger partial charge in [-0.05, 0) is 18.6 Å². The number of hydrogen-bond donors (Lipinski definition) is 0. The SMILES string of the molecule is CCc1cc(C(=O)N(C)Cc2cnn(C)c2)cc(Cl)n1. The molecule has 2 heterocycles. The van der Waals surface area contributed by atoms with Crippen LogP contribution in [-0.4, -0.2) is 32.6 Å². The molecule has 2 aromatic rings. The molecule has 0 aliphatic heterocycles. The summed E-state index contributed by atoms with van der Waals surface area (Å²) in [7, 11) is 3.61. The Kier molecular flexibility index (Phi) is 4.39. The maximum absolute atomic E-state index is 12.4. The number of nitrogens with zero attached hydrogens (tertiary/aromatic N) is 4. The third-order valence-electron chi connectivity index (χ3n) is 2.98. The van der Waals surface area contributed by atoms with Gasteiger partial charge in [-0.15, -0.1) is 0 Å². The smallest absolute Gasteiger partial charge is 0.254 e. The van der Waals surface area contributed by atoms with Gasteiger partial charge >= 0.3 is 0 Å². The van der Waals surface area contributed by atoms with E-state index in [1.807, 2.05) is 20.2 Å². The summed E-state index contributed by atoms with van der Waals surface area (Å²) in [5.74, 6) is -0.0761. The first-order valence-electron chi connectivity index (χ1n) is 6.39. The first-order chi connectivity index (χ1) is 9.49. The number of hydrogen-bond acceptors (Lipinski definition) is 3. The van der Waals surface area contributed by atoms with Crippen molar-refractivity contribution in [3.63, 3.8) is 0 Å². The zero-order valence-corrected chi connectivity index (χ0v) is 12.6. The third-order valence-corrected chi connectivity index (χ3v) is 3.17. The fraction of sp³-hybridized carbons (Fsp3) is 0.357. The number of pyridine rings is 1. The third kappa shape index (κ3) is 3.36. The Hall–Kier alpha value is -1.88. The Morgan fingerprint density at radius 1 is 1.45 bits per heavy atom. The highest BCUT2D eigenvalue weighted by molar-refractivity contribution is 6.29. The second kappa shape index (κ2) is 6.05. The number of aromatic nitrogens is 3. The number of rotatable bonds is 4. The molecule has 0 fully saturated rings. The van der Waals surface area contributed by atoms with Gasteiger partial charge in [-0.3, -0.25) is 9.48 Å². The van der Waals surface area contributed by atoms with E-state index in [4.69, 9.17) is 11.6 Å². The van der Waals surface area contributed by atoms with Gasteiger partial charge in [0.25, 0.3) is 5.91 Å². The van der Waals surface area contributed by atoms with Gasteiger partial charge in [0.05, 0.1) is 6.20 Å². The molecular formula is C14H17ClN4O. The van der Waals surface area contributed by atoms with E-state index in [2.05, 4.69) is 10.1 Å². The van der Waals surface area contributed by atoms with Crippen molar-refractivity contribution in [3.05, 3.63) is 46.5 Å². The van der Waals surface area contributed by atoms with Gasteiger partial charge in [-0.1, -0.05) is 18.5 Å². The van der Waals surface area contributed by atoms with Crippen molar-refractivity contribution in [3.8, 4) is 0 Å². The standard InChI is InChI=1S/C14H17ClN4O/c1-4-12-5-11(6-13(15)17-12)14(20)18(2)8-10-7-16-19(3)9-10/h5-7,9H,4,8H2,1-3H3. The van der Waals surface area contributed by atoms with Gasteiger partial charge in [0.2, 0.25) is 0 Å². The van der Waals surface area contributed by atoms with Crippen LogP contribution in [0.15, 0.2) is 24.5 Å². The fourth-order valence-corrected chi connectivity index (χ4v) is 2.20. The molecule has 5 nitrogen and oxygen atoms in total. The minimum absolute atomic E-state index is 0.0761. The van der Waals surface area contributed by atoms with E-state index in [1.54, 1.807) is 35.0 Å². The zero-order valence-electron chi connectivity index (χ0n) is 11.8. The van der Waals surface area contributed by atoms with Crippen LogP contribution in [0.25, 0.3) is 0 Å². The highest BCUT2D eigenvalue weighted by Gasteiger charge is 2.14. The largest absolute Gasteiger partial charge is 0.337 e. The molecule has 2 rings (SSSR count). The first-order valence-corrected chi connectivity index (χ1v) is 6.77. The summed E-state index contributed by atoms with van der Waals surface area (Å²) in [6, 6.07) is 3.39. The lowest BCUT2D eigenvalue weighted by Crippen LogP contribution is -2.26. The van der Waals surface area contributed by atoms with Gasteiger partial charge in [-0.2, -0.15) is 5.10 Å². The van der Waals surface area contributed by atoms with Crippen molar-refractivity contribution in [2.75, 3.05) is 7.05 Å². The predicted octanol–water partition coefficient (Wildman–Crippen LogP) is 2.30. The molecule has 0 radical (unpaired) electrons. The molecule has 0 aliphatic rings. The van der Waals surface area contributed by atoms with Crippen LogP contribution in [0.2, 0.25) is 5.15 Å². The second-order valence-electron chi connectivity index (χ2n) is 4.71. The van der Waals surface area contributed by atoms with Gasteiger partial charge in [0, 0.05) is 43.7 Å². The Labute approximate surface area is 123 Å². The molecule has 20 heavy (non-hydrogen) atoms. The Morgan fingerprint density at radius 2 is 2.20 bits per heavy atom. The Balaban J connectivity index is 2.15. The van der Waals surface area contributed by atoms with Crippen molar-refractivity contribution < 1.29 is 4.79 Å². The van der Waals surface area contributed by atoms with Crippen LogP contribution in [0.3, 0.4) is 0 Å². The van der Waals surface area contributed by atoms with Crippen LogP contribution in [0, 0.1) is 0 Å². The average molecular weight is 293 g/mol. The summed E-state index contributed by atoms with van der Waals surface area (Å²) in [5, 5.41) is 4.44. The number of amides is 1. The quantitative estimate of drug-likeness (QED) is 0.813. The molecule has 0 aromatic carbocycles. The molecule has 2 aromatic heterocycles. The van der Waals surface area contributed by atoms with Gasteiger partial charge in [0.15, 0.2) is 0 Å². The van der Waals surface area contributed by atoms with Crippen molar-refractivity contribution >= 4 is 17.5 Å². The summed E-state index contributed by atoms with van der Waals surface area (Å²) in [6.07, 6.45) is 4.38.